The Hall–Kier alpha value is -2.27. The number of phenols is 1. The van der Waals surface area contributed by atoms with Gasteiger partial charge in [0, 0.05) is 16.5 Å². The number of phenolic OH excluding ortho intramolecular Hbond substituents is 1. The Morgan fingerprint density at radius 3 is 2.52 bits per heavy atom. The Morgan fingerprint density at radius 2 is 1.81 bits per heavy atom. The second kappa shape index (κ2) is 4.93. The maximum Gasteiger partial charge on any atom is 0.201 e. The molecule has 0 radical (unpaired) electrons. The fraction of sp³-hybridized carbons (Fsp3) is 0.125. The van der Waals surface area contributed by atoms with Crippen molar-refractivity contribution in [3.63, 3.8) is 0 Å². The van der Waals surface area contributed by atoms with Gasteiger partial charge in [0.1, 0.15) is 18.1 Å². The number of rotatable bonds is 3. The highest BCUT2D eigenvalue weighted by molar-refractivity contribution is 7.95. The van der Waals surface area contributed by atoms with E-state index >= 15 is 0 Å². The van der Waals surface area contributed by atoms with Gasteiger partial charge in [0.25, 0.3) is 0 Å². The van der Waals surface area contributed by atoms with E-state index in [-0.39, 0.29) is 12.4 Å². The molecule has 0 aliphatic carbocycles. The van der Waals surface area contributed by atoms with Gasteiger partial charge in [0.2, 0.25) is 9.84 Å². The van der Waals surface area contributed by atoms with Gasteiger partial charge in [0.15, 0.2) is 0 Å². The zero-order valence-electron chi connectivity index (χ0n) is 11.4. The van der Waals surface area contributed by atoms with E-state index in [4.69, 9.17) is 4.74 Å². The number of benzene rings is 2. The summed E-state index contributed by atoms with van der Waals surface area (Å²) in [6, 6.07) is 11.7. The Bertz CT molecular complexity index is 818. The molecule has 1 aliphatic rings. The van der Waals surface area contributed by atoms with Crippen molar-refractivity contribution >= 4 is 15.4 Å². The zero-order chi connectivity index (χ0) is 15.0. The molecule has 3 rings (SSSR count). The minimum Gasteiger partial charge on any atom is -0.508 e. The van der Waals surface area contributed by atoms with Crippen LogP contribution in [0.1, 0.15) is 11.1 Å². The molecule has 0 amide bonds. The van der Waals surface area contributed by atoms with E-state index in [2.05, 4.69) is 0 Å². The van der Waals surface area contributed by atoms with Crippen LogP contribution < -0.4 is 4.74 Å². The van der Waals surface area contributed by atoms with E-state index in [1.54, 1.807) is 31.2 Å². The molecule has 0 aromatic heterocycles. The van der Waals surface area contributed by atoms with Crippen LogP contribution in [0.5, 0.6) is 11.5 Å². The van der Waals surface area contributed by atoms with E-state index in [9.17, 15) is 13.5 Å². The summed E-state index contributed by atoms with van der Waals surface area (Å²) in [6.07, 6.45) is 0. The van der Waals surface area contributed by atoms with Crippen LogP contribution in [0.2, 0.25) is 0 Å². The molecule has 2 aromatic carbocycles. The molecule has 0 saturated heterocycles. The van der Waals surface area contributed by atoms with Crippen LogP contribution in [0.4, 0.5) is 0 Å². The molecule has 0 atom stereocenters. The van der Waals surface area contributed by atoms with Gasteiger partial charge in [0.05, 0.1) is 4.90 Å². The molecule has 0 bridgehead atoms. The average Bonchev–Trinajstić information content (AvgIpc) is 2.71. The molecule has 0 unspecified atom stereocenters. The molecule has 1 heterocycles. The van der Waals surface area contributed by atoms with Crippen molar-refractivity contribution in [1.29, 1.82) is 0 Å². The van der Waals surface area contributed by atoms with Crippen LogP contribution in [0.25, 0.3) is 5.57 Å². The van der Waals surface area contributed by atoms with Crippen LogP contribution in [0.15, 0.2) is 52.8 Å². The predicted molar refractivity (Wildman–Crippen MR) is 79.9 cm³/mol. The molecule has 0 fully saturated rings. The Balaban J connectivity index is 1.88. The molecule has 2 aromatic rings. The Morgan fingerprint density at radius 1 is 1.10 bits per heavy atom. The van der Waals surface area contributed by atoms with Gasteiger partial charge in [-0.05, 0) is 36.8 Å². The van der Waals surface area contributed by atoms with Crippen LogP contribution in [0.3, 0.4) is 0 Å². The normalized spacial score (nSPS) is 15.4. The van der Waals surface area contributed by atoms with Gasteiger partial charge in [-0.15, -0.1) is 0 Å². The summed E-state index contributed by atoms with van der Waals surface area (Å²) in [5, 5.41) is 10.5. The molecule has 108 valence electrons. The first-order valence-electron chi connectivity index (χ1n) is 6.45. The minimum absolute atomic E-state index is 0.158. The number of ether oxygens (including phenoxy) is 1. The summed E-state index contributed by atoms with van der Waals surface area (Å²) in [5.74, 6) is 0.734. The first-order chi connectivity index (χ1) is 9.97. The number of aryl methyl sites for hydroxylation is 1. The lowest BCUT2D eigenvalue weighted by molar-refractivity contribution is 0.368. The van der Waals surface area contributed by atoms with E-state index in [0.717, 1.165) is 5.56 Å². The van der Waals surface area contributed by atoms with Crippen LogP contribution in [-0.2, 0) is 9.84 Å². The molecular formula is C16H14O4S. The molecule has 1 aliphatic heterocycles. The van der Waals surface area contributed by atoms with Gasteiger partial charge in [-0.1, -0.05) is 18.2 Å². The van der Waals surface area contributed by atoms with Crippen LogP contribution in [-0.4, -0.2) is 20.1 Å². The van der Waals surface area contributed by atoms with Crippen LogP contribution >= 0.6 is 0 Å². The maximum atomic E-state index is 12.2. The lowest BCUT2D eigenvalue weighted by atomic mass is 10.1. The number of fused-ring (bicyclic) bond motifs is 1. The monoisotopic (exact) mass is 302 g/mol. The van der Waals surface area contributed by atoms with Crippen molar-refractivity contribution in [3.05, 3.63) is 59.0 Å². The van der Waals surface area contributed by atoms with Gasteiger partial charge in [-0.25, -0.2) is 8.42 Å². The molecule has 5 heteroatoms. The third kappa shape index (κ3) is 2.52. The summed E-state index contributed by atoms with van der Waals surface area (Å²) < 4.78 is 29.9. The fourth-order valence-corrected chi connectivity index (χ4v) is 4.12. The van der Waals surface area contributed by atoms with Crippen molar-refractivity contribution in [2.24, 2.45) is 0 Å². The Kier molecular flexibility index (Phi) is 3.22. The van der Waals surface area contributed by atoms with Crippen molar-refractivity contribution in [2.45, 2.75) is 11.8 Å². The molecular weight excluding hydrogens is 288 g/mol. The number of aromatic hydroxyl groups is 1. The summed E-state index contributed by atoms with van der Waals surface area (Å²) in [4.78, 5) is 0.370. The number of hydrogen-bond donors (Lipinski definition) is 1. The Labute approximate surface area is 123 Å². The van der Waals surface area contributed by atoms with E-state index in [1.165, 1.54) is 17.5 Å². The number of sulfone groups is 1. The van der Waals surface area contributed by atoms with E-state index < -0.39 is 9.84 Å². The molecule has 0 saturated carbocycles. The zero-order valence-corrected chi connectivity index (χ0v) is 12.2. The third-order valence-electron chi connectivity index (χ3n) is 3.37. The smallest absolute Gasteiger partial charge is 0.201 e. The topological polar surface area (TPSA) is 63.6 Å². The van der Waals surface area contributed by atoms with E-state index in [0.29, 0.717) is 21.8 Å². The lowest BCUT2D eigenvalue weighted by Crippen LogP contribution is -2.00. The first-order valence-corrected chi connectivity index (χ1v) is 7.99. The highest BCUT2D eigenvalue weighted by Crippen LogP contribution is 2.35. The lowest BCUT2D eigenvalue weighted by Gasteiger charge is -2.08. The number of hydrogen-bond acceptors (Lipinski definition) is 4. The van der Waals surface area contributed by atoms with Crippen molar-refractivity contribution in [2.75, 3.05) is 6.61 Å². The quantitative estimate of drug-likeness (QED) is 0.947. The summed E-state index contributed by atoms with van der Waals surface area (Å²) in [7, 11) is -3.38. The van der Waals surface area contributed by atoms with Crippen molar-refractivity contribution in [1.82, 2.24) is 0 Å². The maximum absolute atomic E-state index is 12.2. The highest BCUT2D eigenvalue weighted by Gasteiger charge is 2.28. The standard InChI is InChI=1S/C16H14O4S/c1-11-3-2-4-15-12(10-21(18,19)16(11)15)9-20-14-7-5-13(17)6-8-14/h2-8,10,17H,9H2,1H3. The van der Waals surface area contributed by atoms with Crippen molar-refractivity contribution in [3.8, 4) is 11.5 Å². The minimum atomic E-state index is -3.38. The molecule has 21 heavy (non-hydrogen) atoms. The van der Waals surface area contributed by atoms with Crippen molar-refractivity contribution < 1.29 is 18.3 Å². The molecule has 1 N–H and O–H groups in total. The largest absolute Gasteiger partial charge is 0.508 e. The predicted octanol–water partition coefficient (Wildman–Crippen LogP) is 2.91. The molecule has 0 spiro atoms. The fourth-order valence-electron chi connectivity index (χ4n) is 2.41. The van der Waals surface area contributed by atoms with Gasteiger partial charge in [-0.3, -0.25) is 0 Å². The second-order valence-electron chi connectivity index (χ2n) is 4.92. The third-order valence-corrected chi connectivity index (χ3v) is 5.08. The second-order valence-corrected chi connectivity index (χ2v) is 6.66. The SMILES string of the molecule is Cc1cccc2c1S(=O)(=O)C=C2COc1ccc(O)cc1. The van der Waals surface area contributed by atoms with Gasteiger partial charge in [-0.2, -0.15) is 0 Å². The van der Waals surface area contributed by atoms with Crippen LogP contribution in [0, 0.1) is 6.92 Å². The summed E-state index contributed by atoms with van der Waals surface area (Å²) >= 11 is 0. The average molecular weight is 302 g/mol. The van der Waals surface area contributed by atoms with Gasteiger partial charge < -0.3 is 9.84 Å². The van der Waals surface area contributed by atoms with Gasteiger partial charge >= 0.3 is 0 Å². The molecule has 4 nitrogen and oxygen atoms in total. The summed E-state index contributed by atoms with van der Waals surface area (Å²) in [6.45, 7) is 1.95. The summed E-state index contributed by atoms with van der Waals surface area (Å²) in [5.41, 5.74) is 2.08. The highest BCUT2D eigenvalue weighted by atomic mass is 32.2. The first kappa shape index (κ1) is 13.7. The van der Waals surface area contributed by atoms with E-state index in [1.807, 2.05) is 6.07 Å².